The second kappa shape index (κ2) is 6.71. The van der Waals surface area contributed by atoms with Crippen molar-refractivity contribution in [2.45, 2.75) is 13.5 Å². The number of phenols is 1. The van der Waals surface area contributed by atoms with E-state index < -0.39 is 0 Å². The van der Waals surface area contributed by atoms with Crippen LogP contribution in [0, 0.1) is 6.92 Å². The highest BCUT2D eigenvalue weighted by atomic mass is 35.5. The van der Waals surface area contributed by atoms with Gasteiger partial charge in [0.2, 0.25) is 0 Å². The first kappa shape index (κ1) is 17.8. The van der Waals surface area contributed by atoms with Crippen LogP contribution in [0.15, 0.2) is 34.7 Å². The molecule has 4 nitrogen and oxygen atoms in total. The maximum absolute atomic E-state index is 13.2. The lowest BCUT2D eigenvalue weighted by atomic mass is 9.96. The molecule has 3 aromatic rings. The summed E-state index contributed by atoms with van der Waals surface area (Å²) in [6.45, 7) is 2.19. The minimum absolute atomic E-state index is 0.119. The van der Waals surface area contributed by atoms with Gasteiger partial charge in [-0.3, -0.25) is 4.79 Å². The van der Waals surface area contributed by atoms with Crippen molar-refractivity contribution in [2.24, 2.45) is 0 Å². The molecule has 0 unspecified atom stereocenters. The number of carbonyl (C=O) groups is 1. The average Bonchev–Trinajstić information content (AvgIpc) is 2.88. The van der Waals surface area contributed by atoms with Crippen LogP contribution < -0.4 is 0 Å². The predicted octanol–water partition coefficient (Wildman–Crippen LogP) is 5.05. The minimum atomic E-state index is -0.283. The highest BCUT2D eigenvalue weighted by Crippen LogP contribution is 2.36. The van der Waals surface area contributed by atoms with Gasteiger partial charge < -0.3 is 14.4 Å². The molecule has 25 heavy (non-hydrogen) atoms. The number of aryl methyl sites for hydroxylation is 1. The number of hydrogen-bond donors (Lipinski definition) is 1. The highest BCUT2D eigenvalue weighted by molar-refractivity contribution is 6.37. The molecule has 0 aliphatic carbocycles. The smallest absolute Gasteiger partial charge is 0.198 e. The molecule has 0 aliphatic heterocycles. The van der Waals surface area contributed by atoms with Crippen molar-refractivity contribution in [1.29, 1.82) is 0 Å². The van der Waals surface area contributed by atoms with Crippen molar-refractivity contribution in [1.82, 2.24) is 4.90 Å². The monoisotopic (exact) mass is 377 g/mol. The van der Waals surface area contributed by atoms with Crippen LogP contribution in [0.2, 0.25) is 10.0 Å². The Hall–Kier alpha value is -2.01. The summed E-state index contributed by atoms with van der Waals surface area (Å²) < 4.78 is 5.76. The molecule has 6 heteroatoms. The lowest BCUT2D eigenvalue weighted by Crippen LogP contribution is -2.12. The zero-order chi connectivity index (χ0) is 18.3. The lowest BCUT2D eigenvalue weighted by molar-refractivity contribution is 0.103. The maximum Gasteiger partial charge on any atom is 0.198 e. The number of ketones is 1. The van der Waals surface area contributed by atoms with Crippen LogP contribution in [0.1, 0.15) is 27.2 Å². The second-order valence-electron chi connectivity index (χ2n) is 6.16. The third kappa shape index (κ3) is 3.25. The number of benzene rings is 2. The summed E-state index contributed by atoms with van der Waals surface area (Å²) in [6.07, 6.45) is 0. The number of rotatable bonds is 4. The van der Waals surface area contributed by atoms with Gasteiger partial charge in [0.25, 0.3) is 0 Å². The minimum Gasteiger partial charge on any atom is -0.508 e. The summed E-state index contributed by atoms with van der Waals surface area (Å²) in [4.78, 5) is 15.1. The fraction of sp³-hybridized carbons (Fsp3) is 0.211. The van der Waals surface area contributed by atoms with Crippen LogP contribution in [0.5, 0.6) is 5.75 Å². The van der Waals surface area contributed by atoms with Crippen LogP contribution in [0.4, 0.5) is 0 Å². The third-order valence-corrected chi connectivity index (χ3v) is 4.55. The summed E-state index contributed by atoms with van der Waals surface area (Å²) in [6, 6.07) is 7.99. The Morgan fingerprint density at radius 3 is 2.60 bits per heavy atom. The Bertz CT molecular complexity index is 976. The van der Waals surface area contributed by atoms with E-state index in [0.29, 0.717) is 50.0 Å². The van der Waals surface area contributed by atoms with Gasteiger partial charge in [0.15, 0.2) is 5.78 Å². The van der Waals surface area contributed by atoms with Gasteiger partial charge in [-0.25, -0.2) is 0 Å². The van der Waals surface area contributed by atoms with Crippen LogP contribution in [-0.4, -0.2) is 29.9 Å². The van der Waals surface area contributed by atoms with E-state index in [4.69, 9.17) is 27.6 Å². The van der Waals surface area contributed by atoms with Crippen molar-refractivity contribution in [3.05, 3.63) is 62.8 Å². The standard InChI is InChI=1S/C19H17Cl2NO3/c1-10-17(19(24)12-8-11(20)4-5-14(12)21)18-13(9-22(2)3)15(23)6-7-16(18)25-10/h4-8,23H,9H2,1-3H3. The van der Waals surface area contributed by atoms with Crippen LogP contribution >= 0.6 is 23.2 Å². The molecular weight excluding hydrogens is 361 g/mol. The van der Waals surface area contributed by atoms with Crippen molar-refractivity contribution in [2.75, 3.05) is 14.1 Å². The van der Waals surface area contributed by atoms with Crippen molar-refractivity contribution >= 4 is 40.0 Å². The van der Waals surface area contributed by atoms with E-state index in [1.165, 1.54) is 0 Å². The molecule has 0 fully saturated rings. The molecule has 0 saturated heterocycles. The number of fused-ring (bicyclic) bond motifs is 1. The first-order valence-electron chi connectivity index (χ1n) is 7.68. The van der Waals surface area contributed by atoms with Gasteiger partial charge in [-0.2, -0.15) is 0 Å². The topological polar surface area (TPSA) is 53.7 Å². The molecule has 2 aromatic carbocycles. The first-order chi connectivity index (χ1) is 11.8. The van der Waals surface area contributed by atoms with Gasteiger partial charge >= 0.3 is 0 Å². The van der Waals surface area contributed by atoms with Gasteiger partial charge in [0.05, 0.1) is 10.6 Å². The molecular formula is C19H17Cl2NO3. The molecule has 0 aliphatic rings. The number of furan rings is 1. The SMILES string of the molecule is Cc1oc2ccc(O)c(CN(C)C)c2c1C(=O)c1cc(Cl)ccc1Cl. The maximum atomic E-state index is 13.2. The van der Waals surface area contributed by atoms with E-state index in [1.54, 1.807) is 37.3 Å². The van der Waals surface area contributed by atoms with E-state index >= 15 is 0 Å². The van der Waals surface area contributed by atoms with Crippen molar-refractivity contribution < 1.29 is 14.3 Å². The predicted molar refractivity (Wildman–Crippen MR) is 99.9 cm³/mol. The fourth-order valence-corrected chi connectivity index (χ4v) is 3.30. The number of hydrogen-bond acceptors (Lipinski definition) is 4. The lowest BCUT2D eigenvalue weighted by Gasteiger charge is -2.13. The molecule has 0 atom stereocenters. The van der Waals surface area contributed by atoms with E-state index in [1.807, 2.05) is 19.0 Å². The molecule has 0 radical (unpaired) electrons. The normalized spacial score (nSPS) is 11.4. The van der Waals surface area contributed by atoms with Crippen molar-refractivity contribution in [3.63, 3.8) is 0 Å². The molecule has 3 rings (SSSR count). The van der Waals surface area contributed by atoms with E-state index in [2.05, 4.69) is 0 Å². The van der Waals surface area contributed by atoms with Gasteiger partial charge in [-0.15, -0.1) is 0 Å². The number of aromatic hydroxyl groups is 1. The zero-order valence-corrected chi connectivity index (χ0v) is 15.6. The van der Waals surface area contributed by atoms with Crippen LogP contribution in [0.3, 0.4) is 0 Å². The number of nitrogens with zero attached hydrogens (tertiary/aromatic N) is 1. The molecule has 0 amide bonds. The molecule has 1 aromatic heterocycles. The third-order valence-electron chi connectivity index (χ3n) is 3.99. The Balaban J connectivity index is 2.28. The number of carbonyl (C=O) groups excluding carboxylic acids is 1. The van der Waals surface area contributed by atoms with Gasteiger partial charge in [-0.05, 0) is 51.4 Å². The molecule has 0 saturated carbocycles. The number of halogens is 2. The number of phenolic OH excluding ortho intramolecular Hbond substituents is 1. The summed E-state index contributed by atoms with van der Waals surface area (Å²) in [5.74, 6) is 0.309. The summed E-state index contributed by atoms with van der Waals surface area (Å²) in [7, 11) is 3.78. The van der Waals surface area contributed by atoms with Crippen LogP contribution in [-0.2, 0) is 6.54 Å². The molecule has 0 spiro atoms. The summed E-state index contributed by atoms with van der Waals surface area (Å²) >= 11 is 12.2. The van der Waals surface area contributed by atoms with E-state index in [0.717, 1.165) is 0 Å². The Labute approximate surface area is 155 Å². The molecule has 1 N–H and O–H groups in total. The second-order valence-corrected chi connectivity index (χ2v) is 7.00. The van der Waals surface area contributed by atoms with Gasteiger partial charge in [-0.1, -0.05) is 23.2 Å². The van der Waals surface area contributed by atoms with Gasteiger partial charge in [0, 0.05) is 28.1 Å². The Morgan fingerprint density at radius 1 is 1.20 bits per heavy atom. The van der Waals surface area contributed by atoms with Crippen molar-refractivity contribution in [3.8, 4) is 5.75 Å². The fourth-order valence-electron chi connectivity index (χ4n) is 2.92. The molecule has 0 bridgehead atoms. The quantitative estimate of drug-likeness (QED) is 0.646. The summed E-state index contributed by atoms with van der Waals surface area (Å²) in [5, 5.41) is 11.7. The van der Waals surface area contributed by atoms with Gasteiger partial charge in [0.1, 0.15) is 17.1 Å². The van der Waals surface area contributed by atoms with E-state index in [-0.39, 0.29) is 11.5 Å². The largest absolute Gasteiger partial charge is 0.508 e. The average molecular weight is 378 g/mol. The first-order valence-corrected chi connectivity index (χ1v) is 8.43. The molecule has 1 heterocycles. The zero-order valence-electron chi connectivity index (χ0n) is 14.1. The van der Waals surface area contributed by atoms with E-state index in [9.17, 15) is 9.90 Å². The Morgan fingerprint density at radius 2 is 1.92 bits per heavy atom. The highest BCUT2D eigenvalue weighted by Gasteiger charge is 2.25. The summed E-state index contributed by atoms with van der Waals surface area (Å²) in [5.41, 5.74) is 1.89. The van der Waals surface area contributed by atoms with Crippen LogP contribution in [0.25, 0.3) is 11.0 Å². The molecule has 130 valence electrons. The Kier molecular flexibility index (Phi) is 4.78.